The zero-order valence-corrected chi connectivity index (χ0v) is 15.9. The van der Waals surface area contributed by atoms with E-state index in [4.69, 9.17) is 14.0 Å². The molecule has 27 heavy (non-hydrogen) atoms. The average molecular weight is 395 g/mol. The predicted octanol–water partition coefficient (Wildman–Crippen LogP) is 1.54. The summed E-state index contributed by atoms with van der Waals surface area (Å²) >= 11 is 0. The second-order valence-corrected chi connectivity index (χ2v) is 8.28. The Kier molecular flexibility index (Phi) is 5.66. The minimum Gasteiger partial charge on any atom is -0.490 e. The lowest BCUT2D eigenvalue weighted by Gasteiger charge is -2.16. The number of nitrogens with one attached hydrogen (secondary N) is 1. The van der Waals surface area contributed by atoms with Crippen LogP contribution in [-0.2, 0) is 20.6 Å². The van der Waals surface area contributed by atoms with Gasteiger partial charge < -0.3 is 19.3 Å². The van der Waals surface area contributed by atoms with Crippen molar-refractivity contribution < 1.29 is 27.2 Å². The molecule has 10 heteroatoms. The zero-order valence-electron chi connectivity index (χ0n) is 15.1. The molecule has 0 spiro atoms. The fraction of sp³-hybridized carbons (Fsp3) is 0.412. The molecule has 0 atom stereocenters. The second-order valence-electron chi connectivity index (χ2n) is 6.20. The van der Waals surface area contributed by atoms with Gasteiger partial charge in [-0.25, -0.2) is 8.42 Å². The Balaban J connectivity index is 1.60. The lowest BCUT2D eigenvalue weighted by Crippen LogP contribution is -2.35. The van der Waals surface area contributed by atoms with E-state index in [1.807, 2.05) is 0 Å². The van der Waals surface area contributed by atoms with Crippen LogP contribution in [0.15, 0.2) is 28.8 Å². The quantitative estimate of drug-likeness (QED) is 0.790. The van der Waals surface area contributed by atoms with Gasteiger partial charge in [0, 0.05) is 31.3 Å². The monoisotopic (exact) mass is 395 g/mol. The molecule has 1 aliphatic heterocycles. The van der Waals surface area contributed by atoms with Gasteiger partial charge in [-0.3, -0.25) is 4.79 Å². The molecule has 0 fully saturated rings. The molecular formula is C17H21N3O6S. The molecule has 3 rings (SSSR count). The minimum absolute atomic E-state index is 0.294. The molecular weight excluding hydrogens is 374 g/mol. The summed E-state index contributed by atoms with van der Waals surface area (Å²) in [7, 11) is -2.36. The number of aromatic nitrogens is 1. The number of amides is 1. The Hall–Kier alpha value is -2.59. The first-order valence-electron chi connectivity index (χ1n) is 8.39. The molecule has 2 aromatic rings. The van der Waals surface area contributed by atoms with Gasteiger partial charge in [-0.05, 0) is 19.1 Å². The van der Waals surface area contributed by atoms with Gasteiger partial charge in [-0.2, -0.15) is 4.31 Å². The smallest absolute Gasteiger partial charge is 0.239 e. The number of anilines is 1. The number of likely N-dealkylation sites (N-methyl/N-ethyl adjacent to an activating group) is 1. The summed E-state index contributed by atoms with van der Waals surface area (Å²) in [5.74, 6) is 0.890. The number of rotatable bonds is 6. The topological polar surface area (TPSA) is 111 Å². The number of ether oxygens (including phenoxy) is 2. The van der Waals surface area contributed by atoms with Crippen LogP contribution in [0.2, 0.25) is 0 Å². The van der Waals surface area contributed by atoms with Crippen molar-refractivity contribution >= 4 is 21.6 Å². The van der Waals surface area contributed by atoms with E-state index in [1.165, 1.54) is 7.05 Å². The summed E-state index contributed by atoms with van der Waals surface area (Å²) < 4.78 is 41.7. The maximum absolute atomic E-state index is 12.4. The third-order valence-electron chi connectivity index (χ3n) is 3.88. The van der Waals surface area contributed by atoms with Crippen molar-refractivity contribution in [2.24, 2.45) is 0 Å². The Morgan fingerprint density at radius 1 is 1.22 bits per heavy atom. The Morgan fingerprint density at radius 2 is 1.96 bits per heavy atom. The molecule has 2 heterocycles. The van der Waals surface area contributed by atoms with Crippen molar-refractivity contribution in [1.82, 2.24) is 9.46 Å². The maximum Gasteiger partial charge on any atom is 0.239 e. The first-order valence-corrected chi connectivity index (χ1v) is 10.00. The molecule has 0 aliphatic carbocycles. The van der Waals surface area contributed by atoms with Crippen molar-refractivity contribution in [2.45, 2.75) is 19.1 Å². The van der Waals surface area contributed by atoms with Gasteiger partial charge in [0.05, 0.1) is 19.8 Å². The van der Waals surface area contributed by atoms with E-state index in [0.717, 1.165) is 10.7 Å². The van der Waals surface area contributed by atoms with Crippen molar-refractivity contribution in [3.8, 4) is 11.5 Å². The van der Waals surface area contributed by atoms with Crippen LogP contribution in [0.4, 0.5) is 5.69 Å². The maximum atomic E-state index is 12.4. The van der Waals surface area contributed by atoms with Crippen LogP contribution in [0, 0.1) is 6.92 Å². The van der Waals surface area contributed by atoms with Crippen LogP contribution in [0.1, 0.15) is 17.9 Å². The lowest BCUT2D eigenvalue weighted by atomic mass is 10.2. The SMILES string of the molecule is Cc1cc(CS(=O)(=O)N(C)CC(=O)Nc2ccc3c(c2)OCCCO3)no1. The third kappa shape index (κ3) is 4.98. The Bertz CT molecular complexity index is 925. The van der Waals surface area contributed by atoms with Crippen LogP contribution in [0.5, 0.6) is 11.5 Å². The summed E-state index contributed by atoms with van der Waals surface area (Å²) in [5, 5.41) is 6.34. The fourth-order valence-corrected chi connectivity index (χ4v) is 3.57. The van der Waals surface area contributed by atoms with E-state index in [-0.39, 0.29) is 12.3 Å². The molecule has 1 N–H and O–H groups in total. The fourth-order valence-electron chi connectivity index (χ4n) is 2.53. The highest BCUT2D eigenvalue weighted by Crippen LogP contribution is 2.32. The van der Waals surface area contributed by atoms with Gasteiger partial charge in [0.25, 0.3) is 0 Å². The van der Waals surface area contributed by atoms with Crippen molar-refractivity contribution in [3.05, 3.63) is 35.7 Å². The van der Waals surface area contributed by atoms with Gasteiger partial charge in [-0.1, -0.05) is 5.16 Å². The van der Waals surface area contributed by atoms with Gasteiger partial charge in [0.1, 0.15) is 17.2 Å². The molecule has 1 aliphatic rings. The lowest BCUT2D eigenvalue weighted by molar-refractivity contribution is -0.116. The molecule has 0 unspecified atom stereocenters. The largest absolute Gasteiger partial charge is 0.490 e. The summed E-state index contributed by atoms with van der Waals surface area (Å²) in [5.41, 5.74) is 0.796. The van der Waals surface area contributed by atoms with Crippen LogP contribution in [-0.4, -0.2) is 50.6 Å². The van der Waals surface area contributed by atoms with Gasteiger partial charge >= 0.3 is 0 Å². The number of aryl methyl sites for hydroxylation is 1. The van der Waals surface area contributed by atoms with Gasteiger partial charge in [0.15, 0.2) is 11.5 Å². The van der Waals surface area contributed by atoms with Crippen LogP contribution >= 0.6 is 0 Å². The highest BCUT2D eigenvalue weighted by molar-refractivity contribution is 7.88. The predicted molar refractivity (Wildman–Crippen MR) is 97.2 cm³/mol. The van der Waals surface area contributed by atoms with E-state index in [2.05, 4.69) is 10.5 Å². The molecule has 1 amide bonds. The van der Waals surface area contributed by atoms with Crippen molar-refractivity contribution in [1.29, 1.82) is 0 Å². The van der Waals surface area contributed by atoms with E-state index in [1.54, 1.807) is 31.2 Å². The standard InChI is InChI=1S/C17H21N3O6S/c1-12-8-14(19-26-12)11-27(22,23)20(2)10-17(21)18-13-4-5-15-16(9-13)25-7-3-6-24-15/h4-5,8-9H,3,6-7,10-11H2,1-2H3,(H,18,21). The van der Waals surface area contributed by atoms with Crippen LogP contribution in [0.25, 0.3) is 0 Å². The number of nitrogens with zero attached hydrogens (tertiary/aromatic N) is 2. The first-order chi connectivity index (χ1) is 12.8. The van der Waals surface area contributed by atoms with E-state index >= 15 is 0 Å². The normalized spacial score (nSPS) is 14.0. The minimum atomic E-state index is -3.70. The molecule has 9 nitrogen and oxygen atoms in total. The Labute approximate surface area is 157 Å². The highest BCUT2D eigenvalue weighted by Gasteiger charge is 2.23. The number of sulfonamides is 1. The number of fused-ring (bicyclic) bond motifs is 1. The number of carbonyl (C=O) groups is 1. The van der Waals surface area contributed by atoms with Gasteiger partial charge in [-0.15, -0.1) is 0 Å². The molecule has 0 bridgehead atoms. The summed E-state index contributed by atoms with van der Waals surface area (Å²) in [6.07, 6.45) is 0.782. The van der Waals surface area contributed by atoms with E-state index in [0.29, 0.717) is 41.9 Å². The van der Waals surface area contributed by atoms with Crippen molar-refractivity contribution in [3.63, 3.8) is 0 Å². The first kappa shape index (κ1) is 19.2. The summed E-state index contributed by atoms with van der Waals surface area (Å²) in [6.45, 7) is 2.46. The molecule has 146 valence electrons. The highest BCUT2D eigenvalue weighted by atomic mass is 32.2. The van der Waals surface area contributed by atoms with Crippen LogP contribution in [0.3, 0.4) is 0 Å². The summed E-state index contributed by atoms with van der Waals surface area (Å²) in [6, 6.07) is 6.59. The molecule has 1 aromatic carbocycles. The van der Waals surface area contributed by atoms with Gasteiger partial charge in [0.2, 0.25) is 15.9 Å². The molecule has 1 aromatic heterocycles. The van der Waals surface area contributed by atoms with Crippen LogP contribution < -0.4 is 14.8 Å². The number of hydrogen-bond donors (Lipinski definition) is 1. The Morgan fingerprint density at radius 3 is 2.67 bits per heavy atom. The van der Waals surface area contributed by atoms with E-state index < -0.39 is 15.9 Å². The second kappa shape index (κ2) is 7.97. The molecule has 0 radical (unpaired) electrons. The molecule has 0 saturated carbocycles. The third-order valence-corrected chi connectivity index (χ3v) is 5.62. The molecule has 0 saturated heterocycles. The number of hydrogen-bond acceptors (Lipinski definition) is 7. The number of benzene rings is 1. The van der Waals surface area contributed by atoms with E-state index in [9.17, 15) is 13.2 Å². The zero-order chi connectivity index (χ0) is 19.4. The van der Waals surface area contributed by atoms with Crippen molar-refractivity contribution in [2.75, 3.05) is 32.1 Å². The average Bonchev–Trinajstić information content (AvgIpc) is 2.86. The number of carbonyl (C=O) groups excluding carboxylic acids is 1. The summed E-state index contributed by atoms with van der Waals surface area (Å²) in [4.78, 5) is 12.2.